The largest absolute Gasteiger partial charge is 0.493 e. The number of carbonyl (C=O) groups excluding carboxylic acids is 3. The zero-order chi connectivity index (χ0) is 20.7. The highest BCUT2D eigenvalue weighted by molar-refractivity contribution is 5.99. The first-order valence-corrected chi connectivity index (χ1v) is 9.12. The standard InChI is InChI=1S/C22H25NO5/c1-14(2)13-27-20-10-8-17(9-11-20)22(26)28-16(4)21(25)23-19-7-5-6-18(12-19)15(3)24/h5-12,14,16H,13H2,1-4H3,(H,23,25)/t16-/m0/s1. The molecule has 0 bridgehead atoms. The Morgan fingerprint density at radius 3 is 2.25 bits per heavy atom. The topological polar surface area (TPSA) is 81.7 Å². The molecule has 28 heavy (non-hydrogen) atoms. The number of rotatable bonds is 8. The van der Waals surface area contributed by atoms with Crippen molar-refractivity contribution in [3.05, 3.63) is 59.7 Å². The number of nitrogens with one attached hydrogen (secondary N) is 1. The lowest BCUT2D eigenvalue weighted by Crippen LogP contribution is -2.30. The molecule has 0 radical (unpaired) electrons. The lowest BCUT2D eigenvalue weighted by atomic mass is 10.1. The van der Waals surface area contributed by atoms with Crippen LogP contribution in [0.15, 0.2) is 48.5 Å². The van der Waals surface area contributed by atoms with Gasteiger partial charge in [-0.05, 0) is 56.2 Å². The van der Waals surface area contributed by atoms with E-state index in [0.717, 1.165) is 0 Å². The van der Waals surface area contributed by atoms with E-state index in [2.05, 4.69) is 19.2 Å². The summed E-state index contributed by atoms with van der Waals surface area (Å²) >= 11 is 0. The number of ketones is 1. The van der Waals surface area contributed by atoms with Crippen LogP contribution in [0.4, 0.5) is 5.69 Å². The molecule has 0 fully saturated rings. The third-order valence-electron chi connectivity index (χ3n) is 3.86. The Bertz CT molecular complexity index is 842. The summed E-state index contributed by atoms with van der Waals surface area (Å²) in [4.78, 5) is 35.9. The number of anilines is 1. The first-order valence-electron chi connectivity index (χ1n) is 9.12. The van der Waals surface area contributed by atoms with Crippen LogP contribution in [0.5, 0.6) is 5.75 Å². The summed E-state index contributed by atoms with van der Waals surface area (Å²) in [6, 6.07) is 13.1. The summed E-state index contributed by atoms with van der Waals surface area (Å²) in [6.07, 6.45) is -0.995. The number of amides is 1. The first-order chi connectivity index (χ1) is 13.3. The molecule has 1 amide bonds. The van der Waals surface area contributed by atoms with E-state index in [0.29, 0.717) is 35.1 Å². The normalized spacial score (nSPS) is 11.6. The zero-order valence-corrected chi connectivity index (χ0v) is 16.5. The Morgan fingerprint density at radius 2 is 1.64 bits per heavy atom. The summed E-state index contributed by atoms with van der Waals surface area (Å²) in [6.45, 7) is 7.63. The van der Waals surface area contributed by atoms with E-state index in [-0.39, 0.29) is 5.78 Å². The molecule has 2 rings (SSSR count). The van der Waals surface area contributed by atoms with Crippen LogP contribution < -0.4 is 10.1 Å². The van der Waals surface area contributed by atoms with Gasteiger partial charge < -0.3 is 14.8 Å². The van der Waals surface area contributed by atoms with Gasteiger partial charge in [-0.2, -0.15) is 0 Å². The third kappa shape index (κ3) is 6.23. The number of hydrogen-bond donors (Lipinski definition) is 1. The van der Waals surface area contributed by atoms with E-state index in [4.69, 9.17) is 9.47 Å². The predicted octanol–water partition coefficient (Wildman–Crippen LogP) is 4.11. The molecule has 2 aromatic rings. The Labute approximate surface area is 164 Å². The summed E-state index contributed by atoms with van der Waals surface area (Å²) in [5.41, 5.74) is 1.28. The van der Waals surface area contributed by atoms with Gasteiger partial charge in [-0.25, -0.2) is 4.79 Å². The molecule has 0 heterocycles. The van der Waals surface area contributed by atoms with E-state index in [1.807, 2.05) is 0 Å². The molecule has 0 saturated heterocycles. The molecule has 2 aromatic carbocycles. The maximum Gasteiger partial charge on any atom is 0.338 e. The fraction of sp³-hybridized carbons (Fsp3) is 0.318. The minimum absolute atomic E-state index is 0.101. The second-order valence-corrected chi connectivity index (χ2v) is 6.90. The number of carbonyl (C=O) groups is 3. The van der Waals surface area contributed by atoms with Crippen LogP contribution in [-0.4, -0.2) is 30.4 Å². The number of benzene rings is 2. The fourth-order valence-electron chi connectivity index (χ4n) is 2.29. The van der Waals surface area contributed by atoms with Crippen molar-refractivity contribution in [2.45, 2.75) is 33.8 Å². The molecular weight excluding hydrogens is 358 g/mol. The average Bonchev–Trinajstić information content (AvgIpc) is 2.66. The van der Waals surface area contributed by atoms with E-state index in [1.165, 1.54) is 13.8 Å². The number of hydrogen-bond acceptors (Lipinski definition) is 5. The van der Waals surface area contributed by atoms with Crippen molar-refractivity contribution in [3.63, 3.8) is 0 Å². The van der Waals surface area contributed by atoms with Crippen molar-refractivity contribution < 1.29 is 23.9 Å². The van der Waals surface area contributed by atoms with Gasteiger partial charge in [0.2, 0.25) is 0 Å². The van der Waals surface area contributed by atoms with E-state index in [1.54, 1.807) is 48.5 Å². The molecule has 0 aliphatic carbocycles. The van der Waals surface area contributed by atoms with Gasteiger partial charge in [-0.3, -0.25) is 9.59 Å². The SMILES string of the molecule is CC(=O)c1cccc(NC(=O)[C@H](C)OC(=O)c2ccc(OCC(C)C)cc2)c1. The Kier molecular flexibility index (Phi) is 7.32. The third-order valence-corrected chi connectivity index (χ3v) is 3.86. The Hall–Kier alpha value is -3.15. The molecule has 6 nitrogen and oxygen atoms in total. The molecule has 6 heteroatoms. The highest BCUT2D eigenvalue weighted by atomic mass is 16.5. The first kappa shape index (κ1) is 21.2. The van der Waals surface area contributed by atoms with Gasteiger partial charge in [0.1, 0.15) is 5.75 Å². The lowest BCUT2D eigenvalue weighted by Gasteiger charge is -2.14. The van der Waals surface area contributed by atoms with Crippen LogP contribution in [0.1, 0.15) is 48.4 Å². The average molecular weight is 383 g/mol. The Morgan fingerprint density at radius 1 is 0.964 bits per heavy atom. The molecule has 0 saturated carbocycles. The molecule has 0 aliphatic heterocycles. The van der Waals surface area contributed by atoms with Crippen molar-refractivity contribution in [1.82, 2.24) is 0 Å². The highest BCUT2D eigenvalue weighted by Gasteiger charge is 2.19. The molecular formula is C22H25NO5. The summed E-state index contributed by atoms with van der Waals surface area (Å²) in [7, 11) is 0. The van der Waals surface area contributed by atoms with Crippen LogP contribution in [0.2, 0.25) is 0 Å². The minimum Gasteiger partial charge on any atom is -0.493 e. The van der Waals surface area contributed by atoms with Gasteiger partial charge in [-0.15, -0.1) is 0 Å². The van der Waals surface area contributed by atoms with Crippen molar-refractivity contribution in [2.75, 3.05) is 11.9 Å². The molecule has 1 N–H and O–H groups in total. The predicted molar refractivity (Wildman–Crippen MR) is 107 cm³/mol. The molecule has 0 aromatic heterocycles. The Balaban J connectivity index is 1.93. The fourth-order valence-corrected chi connectivity index (χ4v) is 2.29. The minimum atomic E-state index is -0.995. The summed E-state index contributed by atoms with van der Waals surface area (Å²) < 4.78 is 10.8. The molecule has 0 unspecified atom stereocenters. The van der Waals surface area contributed by atoms with Gasteiger partial charge in [0.15, 0.2) is 11.9 Å². The molecule has 148 valence electrons. The van der Waals surface area contributed by atoms with E-state index in [9.17, 15) is 14.4 Å². The van der Waals surface area contributed by atoms with Crippen molar-refractivity contribution >= 4 is 23.3 Å². The smallest absolute Gasteiger partial charge is 0.338 e. The van der Waals surface area contributed by atoms with E-state index < -0.39 is 18.0 Å². The maximum atomic E-state index is 12.3. The van der Waals surface area contributed by atoms with Gasteiger partial charge >= 0.3 is 5.97 Å². The van der Waals surface area contributed by atoms with Crippen molar-refractivity contribution in [3.8, 4) is 5.75 Å². The quantitative estimate of drug-likeness (QED) is 0.548. The molecule has 1 atom stereocenters. The van der Waals surface area contributed by atoms with Crippen LogP contribution in [0, 0.1) is 5.92 Å². The number of ether oxygens (including phenoxy) is 2. The monoisotopic (exact) mass is 383 g/mol. The van der Waals surface area contributed by atoms with Crippen LogP contribution >= 0.6 is 0 Å². The number of esters is 1. The van der Waals surface area contributed by atoms with Crippen molar-refractivity contribution in [2.24, 2.45) is 5.92 Å². The van der Waals surface area contributed by atoms with Crippen LogP contribution in [0.25, 0.3) is 0 Å². The van der Waals surface area contributed by atoms with Gasteiger partial charge in [0.25, 0.3) is 5.91 Å². The second kappa shape index (κ2) is 9.69. The van der Waals surface area contributed by atoms with Gasteiger partial charge in [0.05, 0.1) is 12.2 Å². The summed E-state index contributed by atoms with van der Waals surface area (Å²) in [5, 5.41) is 2.64. The second-order valence-electron chi connectivity index (χ2n) is 6.90. The lowest BCUT2D eigenvalue weighted by molar-refractivity contribution is -0.123. The molecule has 0 aliphatic rings. The van der Waals surface area contributed by atoms with Crippen molar-refractivity contribution in [1.29, 1.82) is 0 Å². The van der Waals surface area contributed by atoms with Gasteiger partial charge in [0, 0.05) is 11.3 Å². The maximum absolute atomic E-state index is 12.3. The zero-order valence-electron chi connectivity index (χ0n) is 16.5. The summed E-state index contributed by atoms with van der Waals surface area (Å²) in [5.74, 6) is -0.112. The van der Waals surface area contributed by atoms with Crippen LogP contribution in [-0.2, 0) is 9.53 Å². The highest BCUT2D eigenvalue weighted by Crippen LogP contribution is 2.15. The number of Topliss-reactive ketones (excluding diaryl/α,β-unsaturated/α-hetero) is 1. The van der Waals surface area contributed by atoms with E-state index >= 15 is 0 Å². The van der Waals surface area contributed by atoms with Gasteiger partial charge in [-0.1, -0.05) is 26.0 Å². The molecule has 0 spiro atoms. The van der Waals surface area contributed by atoms with Crippen LogP contribution in [0.3, 0.4) is 0 Å².